The zero-order chi connectivity index (χ0) is 54.9. The average Bonchev–Trinajstić information content (AvgIpc) is 3.94. The van der Waals surface area contributed by atoms with Gasteiger partial charge in [0.25, 0.3) is 0 Å². The van der Waals surface area contributed by atoms with E-state index in [0.29, 0.717) is 35.8 Å². The number of phenolic OH excluding ortho intramolecular Hbond substituents is 1. The molecular weight excluding hydrogens is 1210 g/mol. The summed E-state index contributed by atoms with van der Waals surface area (Å²) in [5.74, 6) is 1.96. The number of rotatable bonds is 4. The maximum Gasteiger partial charge on any atom is 0.369 e. The lowest BCUT2D eigenvalue weighted by atomic mass is 9.55. The van der Waals surface area contributed by atoms with Gasteiger partial charge in [-0.3, -0.25) is 4.79 Å². The molecule has 3 saturated carbocycles. The fourth-order valence-corrected chi connectivity index (χ4v) is 14.6. The van der Waals surface area contributed by atoms with Crippen LogP contribution in [0.4, 0.5) is 8.78 Å². The van der Waals surface area contributed by atoms with Crippen molar-refractivity contribution in [2.75, 3.05) is 27.4 Å². The van der Waals surface area contributed by atoms with Crippen molar-refractivity contribution in [2.24, 2.45) is 35.1 Å². The molecule has 0 spiro atoms. The van der Waals surface area contributed by atoms with E-state index in [1.54, 1.807) is 19.2 Å². The number of nitrogens with two attached hydrogens (primary N) is 2. The van der Waals surface area contributed by atoms with Gasteiger partial charge in [-0.1, -0.05) is 78.6 Å². The van der Waals surface area contributed by atoms with Crippen LogP contribution < -0.4 is 20.9 Å². The molecule has 6 bridgehead atoms. The van der Waals surface area contributed by atoms with Crippen molar-refractivity contribution in [1.82, 2.24) is 0 Å². The Labute approximate surface area is 482 Å². The molecule has 7 aliphatic rings. The Balaban J connectivity index is 0.000000171. The van der Waals surface area contributed by atoms with Crippen LogP contribution >= 0.6 is 63.2 Å². The van der Waals surface area contributed by atoms with Gasteiger partial charge in [0.15, 0.2) is 23.1 Å². The molecule has 8 nitrogen and oxygen atoms in total. The molecule has 9 atom stereocenters. The molecule has 3 aromatic rings. The summed E-state index contributed by atoms with van der Waals surface area (Å²) in [5, 5.41) is 9.68. The minimum atomic E-state index is -0.507. The lowest BCUT2D eigenvalue weighted by molar-refractivity contribution is -0.157. The Bertz CT molecular complexity index is 2360. The number of aromatic hydroxyl groups is 1. The van der Waals surface area contributed by atoms with Crippen LogP contribution in [0.3, 0.4) is 0 Å². The van der Waals surface area contributed by atoms with Gasteiger partial charge in [0.1, 0.15) is 11.4 Å². The van der Waals surface area contributed by atoms with Gasteiger partial charge >= 0.3 is 9.15 Å². The molecule has 3 aromatic carbocycles. The van der Waals surface area contributed by atoms with Crippen LogP contribution in [0.15, 0.2) is 40.9 Å². The molecule has 0 aromatic heterocycles. The highest BCUT2D eigenvalue weighted by molar-refractivity contribution is 9.69. The topological polar surface area (TPSA) is 126 Å². The number of phenols is 1. The molecule has 4 fully saturated rings. The van der Waals surface area contributed by atoms with Crippen LogP contribution in [-0.4, -0.2) is 59.4 Å². The van der Waals surface area contributed by atoms with Crippen molar-refractivity contribution in [1.29, 1.82) is 0 Å². The Morgan fingerprint density at radius 2 is 1.08 bits per heavy atom. The zero-order valence-electron chi connectivity index (χ0n) is 46.2. The number of hydrogen-bond donors (Lipinski definition) is 3. The molecule has 9 unspecified atom stereocenters. The number of ether oxygens (including phenoxy) is 4. The zero-order valence-corrected chi connectivity index (χ0v) is 52.5. The number of carbonyl (C=O) groups excluding carboxylic acids is 1. The second kappa shape index (κ2) is 27.6. The Morgan fingerprint density at radius 1 is 0.653 bits per heavy atom. The lowest BCUT2D eigenvalue weighted by Crippen LogP contribution is -2.52. The highest BCUT2D eigenvalue weighted by atomic mass is 79.9. The SMILES string of the molecule is BrB(Br)Br.C1CCOC1.CC12CCCCCC(Cc3cc(F)c(O)cc31)C2N.COc1cc2c(cc1Br)CC1CCCCCC2(C)C1CC(=O)OC(C)(C)C.COc1cc2c(cc1F)CC1CCCCCC2(C)C1N. The smallest absolute Gasteiger partial charge is 0.369 e. The van der Waals surface area contributed by atoms with Crippen LogP contribution in [0, 0.1) is 35.3 Å². The number of esters is 1. The molecule has 0 amide bonds. The Kier molecular flexibility index (Phi) is 23.0. The van der Waals surface area contributed by atoms with E-state index in [2.05, 4.69) is 96.1 Å². The predicted octanol–water partition coefficient (Wildman–Crippen LogP) is 16.0. The van der Waals surface area contributed by atoms with Gasteiger partial charge in [0, 0.05) is 42.5 Å². The summed E-state index contributed by atoms with van der Waals surface area (Å²) in [5.41, 5.74) is 19.8. The molecule has 0 radical (unpaired) electrons. The van der Waals surface area contributed by atoms with Crippen molar-refractivity contribution in [3.05, 3.63) is 85.9 Å². The fraction of sp³-hybridized carbons (Fsp3) is 0.683. The molecule has 1 saturated heterocycles. The normalized spacial score (nSPS) is 29.5. The number of benzene rings is 3. The average molecular weight is 1300 g/mol. The van der Waals surface area contributed by atoms with Crippen molar-refractivity contribution < 1.29 is 37.6 Å². The maximum absolute atomic E-state index is 14.0. The van der Waals surface area contributed by atoms with Gasteiger partial charge in [-0.05, 0) is 206 Å². The van der Waals surface area contributed by atoms with Crippen LogP contribution in [0.2, 0.25) is 0 Å². The van der Waals surface area contributed by atoms with Gasteiger partial charge < -0.3 is 35.5 Å². The number of methoxy groups -OCH3 is 2. The third-order valence-corrected chi connectivity index (χ3v) is 18.7. The summed E-state index contributed by atoms with van der Waals surface area (Å²) < 4.78 is 50.3. The fourth-order valence-electron chi connectivity index (χ4n) is 14.1. The maximum atomic E-state index is 14.0. The molecular formula is C60H87BBr4F2N2O6. The summed E-state index contributed by atoms with van der Waals surface area (Å²) in [6.07, 6.45) is 23.8. The van der Waals surface area contributed by atoms with Crippen molar-refractivity contribution in [2.45, 2.75) is 210 Å². The summed E-state index contributed by atoms with van der Waals surface area (Å²) in [7, 11) is 3.24. The van der Waals surface area contributed by atoms with Crippen molar-refractivity contribution in [3.63, 3.8) is 0 Å². The molecule has 15 heteroatoms. The Morgan fingerprint density at radius 3 is 1.56 bits per heavy atom. The second-order valence-electron chi connectivity index (χ2n) is 24.2. The second-order valence-corrected chi connectivity index (χ2v) is 31.5. The first kappa shape index (κ1) is 62.5. The molecule has 418 valence electrons. The first-order valence-electron chi connectivity index (χ1n) is 27.9. The van der Waals surface area contributed by atoms with E-state index in [9.17, 15) is 18.7 Å². The van der Waals surface area contributed by atoms with Crippen LogP contribution in [0.1, 0.15) is 190 Å². The predicted molar refractivity (Wildman–Crippen MR) is 317 cm³/mol. The third kappa shape index (κ3) is 15.6. The molecule has 5 N–H and O–H groups in total. The molecule has 1 aliphatic heterocycles. The van der Waals surface area contributed by atoms with Crippen LogP contribution in [0.25, 0.3) is 0 Å². The van der Waals surface area contributed by atoms with E-state index >= 15 is 0 Å². The van der Waals surface area contributed by atoms with Gasteiger partial charge in [-0.2, -0.15) is 0 Å². The highest BCUT2D eigenvalue weighted by Crippen LogP contribution is 2.54. The first-order chi connectivity index (χ1) is 35.4. The minimum Gasteiger partial charge on any atom is -0.505 e. The van der Waals surface area contributed by atoms with Gasteiger partial charge in [0.05, 0.1) is 18.7 Å². The molecule has 10 rings (SSSR count). The summed E-state index contributed by atoms with van der Waals surface area (Å²) in [6, 6.07) is 11.4. The quantitative estimate of drug-likeness (QED) is 0.174. The number of hydrogen-bond acceptors (Lipinski definition) is 8. The van der Waals surface area contributed by atoms with E-state index in [0.717, 1.165) is 91.5 Å². The standard InChI is InChI=1S/C23H33BrO3.C17H24FNO.C16H22FNO.C4H8O.BBr3/c1-22(2,3)27-21(25)14-18-15-9-7-6-8-10-23(18,4)17-13-20(26-5)19(24)12-16(17)11-15;1-17-7-5-3-4-6-11(16(17)19)8-12-9-14(18)15(20-2)10-13(12)17;1-16-6-4-2-3-5-10(15(16)18)7-11-8-13(17)14(19)9-12(11)16;1-2-4-5-3-1;2-1(3)4/h12-13,15,18H,6-11,14H2,1-5H3;9-11,16H,3-8,19H2,1-2H3;8-10,15,19H,2-7,18H2,1H3;1-4H2;. The summed E-state index contributed by atoms with van der Waals surface area (Å²) in [6.45, 7) is 14.7. The van der Waals surface area contributed by atoms with Crippen molar-refractivity contribution in [3.8, 4) is 17.2 Å². The minimum absolute atomic E-state index is 0.0104. The summed E-state index contributed by atoms with van der Waals surface area (Å²) in [4.78, 5) is 12.7. The lowest BCUT2D eigenvalue weighted by Gasteiger charge is -2.49. The summed E-state index contributed by atoms with van der Waals surface area (Å²) >= 11 is 13.0. The highest BCUT2D eigenvalue weighted by Gasteiger charge is 2.48. The first-order valence-corrected chi connectivity index (χ1v) is 31.5. The largest absolute Gasteiger partial charge is 0.505 e. The van der Waals surface area contributed by atoms with E-state index < -0.39 is 11.4 Å². The van der Waals surface area contributed by atoms with Gasteiger partial charge in [-0.25, -0.2) is 8.78 Å². The molecule has 1 heterocycles. The number of fused-ring (bicyclic) bond motifs is 12. The van der Waals surface area contributed by atoms with E-state index in [1.807, 2.05) is 26.8 Å². The van der Waals surface area contributed by atoms with Gasteiger partial charge in [0.2, 0.25) is 0 Å². The number of halogens is 6. The van der Waals surface area contributed by atoms with E-state index in [1.165, 1.54) is 107 Å². The van der Waals surface area contributed by atoms with E-state index in [-0.39, 0.29) is 49.0 Å². The molecule has 75 heavy (non-hydrogen) atoms. The van der Waals surface area contributed by atoms with Gasteiger partial charge in [-0.15, -0.1) is 47.3 Å². The van der Waals surface area contributed by atoms with Crippen molar-refractivity contribution >= 4 is 72.4 Å². The van der Waals surface area contributed by atoms with E-state index in [4.69, 9.17) is 30.4 Å². The third-order valence-electron chi connectivity index (χ3n) is 18.0. The number of carbonyl (C=O) groups is 1. The van der Waals surface area contributed by atoms with Crippen LogP contribution in [-0.2, 0) is 49.8 Å². The Hall–Kier alpha value is -1.75. The molecule has 6 aliphatic carbocycles. The monoisotopic (exact) mass is 1300 g/mol. The van der Waals surface area contributed by atoms with Crippen LogP contribution in [0.5, 0.6) is 17.2 Å².